The normalized spacial score (nSPS) is 18.1. The molecule has 4 aromatic carbocycles. The number of nitrogens with one attached hydrogen (secondary N) is 1. The minimum atomic E-state index is -0.842. The molecule has 11 heteroatoms. The Balaban J connectivity index is 1.28. The standard InChI is InChI=1S/C37H41N7O4/c1-40(23-29-12-6-7-14-32(29)38)30-13-8-11-28(19-30)22-42-24-34-43(33(36(42)47)20-26-15-17-31(45)18-16-26)35(46)25-41(2)44(34)37(48)39-21-27-9-4-3-5-10-27/h3-19,33-34,45H,20-25,38H2,1-2H3,(H,39,48)/t33-,34-/m0/s1. The van der Waals surface area contributed by atoms with Gasteiger partial charge in [-0.3, -0.25) is 9.59 Å². The number of nitrogen functional groups attached to an aromatic ring is 1. The first kappa shape index (κ1) is 32.4. The van der Waals surface area contributed by atoms with Gasteiger partial charge in [-0.1, -0.05) is 72.8 Å². The van der Waals surface area contributed by atoms with E-state index in [0.29, 0.717) is 19.6 Å². The van der Waals surface area contributed by atoms with Gasteiger partial charge in [0.2, 0.25) is 11.8 Å². The number of hydrogen-bond donors (Lipinski definition) is 3. The zero-order valence-corrected chi connectivity index (χ0v) is 27.2. The Bertz CT molecular complexity index is 1770. The predicted octanol–water partition coefficient (Wildman–Crippen LogP) is 3.79. The third-order valence-electron chi connectivity index (χ3n) is 8.99. The molecule has 2 atom stereocenters. The van der Waals surface area contributed by atoms with E-state index < -0.39 is 12.2 Å². The largest absolute Gasteiger partial charge is 0.508 e. The Morgan fingerprint density at radius 2 is 1.62 bits per heavy atom. The maximum Gasteiger partial charge on any atom is 0.334 e. The molecular weight excluding hydrogens is 606 g/mol. The van der Waals surface area contributed by atoms with Gasteiger partial charge in [0.15, 0.2) is 0 Å². The van der Waals surface area contributed by atoms with Crippen molar-refractivity contribution in [3.63, 3.8) is 0 Å². The van der Waals surface area contributed by atoms with Crippen LogP contribution in [-0.2, 0) is 35.6 Å². The number of hydrazine groups is 1. The number of fused-ring (bicyclic) bond motifs is 1. The second kappa shape index (κ2) is 14.1. The molecule has 0 radical (unpaired) electrons. The van der Waals surface area contributed by atoms with E-state index >= 15 is 0 Å². The predicted molar refractivity (Wildman–Crippen MR) is 184 cm³/mol. The Morgan fingerprint density at radius 3 is 2.38 bits per heavy atom. The molecule has 4 N–H and O–H groups in total. The van der Waals surface area contributed by atoms with Crippen LogP contribution in [0.25, 0.3) is 0 Å². The molecule has 2 aliphatic heterocycles. The number of nitrogens with two attached hydrogens (primary N) is 1. The number of amides is 4. The van der Waals surface area contributed by atoms with Crippen molar-refractivity contribution < 1.29 is 19.5 Å². The smallest absolute Gasteiger partial charge is 0.334 e. The molecule has 6 rings (SSSR count). The molecule has 0 bridgehead atoms. The number of phenolic OH excluding ortho intramolecular Hbond substituents is 1. The summed E-state index contributed by atoms with van der Waals surface area (Å²) in [5.74, 6) is -0.308. The van der Waals surface area contributed by atoms with E-state index in [-0.39, 0.29) is 43.1 Å². The summed E-state index contributed by atoms with van der Waals surface area (Å²) < 4.78 is 0. The van der Waals surface area contributed by atoms with Gasteiger partial charge >= 0.3 is 6.03 Å². The molecule has 11 nitrogen and oxygen atoms in total. The molecule has 4 aromatic rings. The molecule has 0 aromatic heterocycles. The van der Waals surface area contributed by atoms with E-state index in [2.05, 4.69) is 16.3 Å². The molecule has 2 heterocycles. The van der Waals surface area contributed by atoms with Gasteiger partial charge in [0.25, 0.3) is 0 Å². The lowest BCUT2D eigenvalue weighted by molar-refractivity contribution is -0.187. The molecule has 2 aliphatic rings. The van der Waals surface area contributed by atoms with Crippen LogP contribution in [-0.4, -0.2) is 82.2 Å². The van der Waals surface area contributed by atoms with Crippen LogP contribution in [0.1, 0.15) is 22.3 Å². The maximum atomic E-state index is 14.3. The van der Waals surface area contributed by atoms with E-state index in [1.807, 2.05) is 79.8 Å². The van der Waals surface area contributed by atoms with E-state index in [9.17, 15) is 19.5 Å². The molecule has 248 valence electrons. The number of rotatable bonds is 9. The number of nitrogens with zero attached hydrogens (tertiary/aromatic N) is 5. The number of carbonyl (C=O) groups excluding carboxylic acids is 3. The highest BCUT2D eigenvalue weighted by molar-refractivity contribution is 5.91. The third-order valence-corrected chi connectivity index (χ3v) is 8.99. The fraction of sp³-hybridized carbons (Fsp3) is 0.270. The van der Waals surface area contributed by atoms with Crippen molar-refractivity contribution >= 4 is 29.2 Å². The second-order valence-corrected chi connectivity index (χ2v) is 12.4. The summed E-state index contributed by atoms with van der Waals surface area (Å²) in [6.45, 7) is 1.32. The molecule has 4 amide bonds. The fourth-order valence-corrected chi connectivity index (χ4v) is 6.49. The van der Waals surface area contributed by atoms with Crippen molar-refractivity contribution in [1.82, 2.24) is 25.1 Å². The quantitative estimate of drug-likeness (QED) is 0.236. The van der Waals surface area contributed by atoms with Gasteiger partial charge in [-0.25, -0.2) is 14.8 Å². The minimum Gasteiger partial charge on any atom is -0.508 e. The average Bonchev–Trinajstić information content (AvgIpc) is 3.08. The maximum absolute atomic E-state index is 14.3. The van der Waals surface area contributed by atoms with Gasteiger partial charge in [-0.05, 0) is 52.6 Å². The summed E-state index contributed by atoms with van der Waals surface area (Å²) in [5.41, 5.74) is 11.6. The Morgan fingerprint density at radius 1 is 0.917 bits per heavy atom. The van der Waals surface area contributed by atoms with E-state index in [4.69, 9.17) is 5.73 Å². The monoisotopic (exact) mass is 647 g/mol. The first-order valence-corrected chi connectivity index (χ1v) is 16.0. The van der Waals surface area contributed by atoms with Crippen LogP contribution in [0.15, 0.2) is 103 Å². The number of aromatic hydroxyl groups is 1. The van der Waals surface area contributed by atoms with Crippen molar-refractivity contribution in [3.05, 3.63) is 125 Å². The van der Waals surface area contributed by atoms with Crippen molar-refractivity contribution in [2.24, 2.45) is 0 Å². The molecule has 0 spiro atoms. The molecule has 2 saturated heterocycles. The fourth-order valence-electron chi connectivity index (χ4n) is 6.49. The van der Waals surface area contributed by atoms with Crippen LogP contribution in [0.4, 0.5) is 16.2 Å². The number of piperazine rings is 1. The Hall–Kier alpha value is -5.55. The molecule has 0 saturated carbocycles. The lowest BCUT2D eigenvalue weighted by Gasteiger charge is -2.54. The zero-order valence-electron chi connectivity index (χ0n) is 27.2. The molecular formula is C37H41N7O4. The number of likely N-dealkylation sites (N-methyl/N-ethyl adjacent to an activating group) is 1. The molecule has 0 unspecified atom stereocenters. The van der Waals surface area contributed by atoms with Crippen molar-refractivity contribution in [2.45, 2.75) is 38.3 Å². The summed E-state index contributed by atoms with van der Waals surface area (Å²) in [5, 5.41) is 16.0. The third kappa shape index (κ3) is 7.06. The minimum absolute atomic E-state index is 0.0467. The second-order valence-electron chi connectivity index (χ2n) is 12.4. The van der Waals surface area contributed by atoms with E-state index in [1.54, 1.807) is 51.1 Å². The van der Waals surface area contributed by atoms with Crippen molar-refractivity contribution in [3.8, 4) is 5.75 Å². The summed E-state index contributed by atoms with van der Waals surface area (Å²) in [7, 11) is 3.71. The van der Waals surface area contributed by atoms with Crippen LogP contribution in [0.5, 0.6) is 5.75 Å². The van der Waals surface area contributed by atoms with Gasteiger partial charge in [-0.15, -0.1) is 0 Å². The number of hydrogen-bond acceptors (Lipinski definition) is 7. The zero-order chi connectivity index (χ0) is 33.8. The summed E-state index contributed by atoms with van der Waals surface area (Å²) in [6, 6.07) is 30.8. The highest BCUT2D eigenvalue weighted by Crippen LogP contribution is 2.30. The summed E-state index contributed by atoms with van der Waals surface area (Å²) in [6.07, 6.45) is -0.485. The van der Waals surface area contributed by atoms with Crippen LogP contribution in [0.3, 0.4) is 0 Å². The highest BCUT2D eigenvalue weighted by Gasteiger charge is 2.50. The Kier molecular flexibility index (Phi) is 9.49. The van der Waals surface area contributed by atoms with Crippen LogP contribution < -0.4 is 16.0 Å². The van der Waals surface area contributed by atoms with Crippen LogP contribution in [0.2, 0.25) is 0 Å². The highest BCUT2D eigenvalue weighted by atomic mass is 16.3. The number of benzene rings is 4. The number of phenols is 1. The van der Waals surface area contributed by atoms with Gasteiger partial charge in [0.1, 0.15) is 18.0 Å². The molecule has 48 heavy (non-hydrogen) atoms. The van der Waals surface area contributed by atoms with Gasteiger partial charge in [-0.2, -0.15) is 0 Å². The topological polar surface area (TPSA) is 126 Å². The number of anilines is 2. The number of para-hydroxylation sites is 1. The SMILES string of the molecule is CN(Cc1ccccc1N)c1cccc(CN2C[C@H]3N(C(=O)CN(C)N3C(=O)NCc3ccccc3)[C@@H](Cc3ccc(O)cc3)C2=O)c1. The van der Waals surface area contributed by atoms with E-state index in [0.717, 1.165) is 33.6 Å². The lowest BCUT2D eigenvalue weighted by Crippen LogP contribution is -2.76. The van der Waals surface area contributed by atoms with Crippen LogP contribution in [0, 0.1) is 0 Å². The van der Waals surface area contributed by atoms with Crippen molar-refractivity contribution in [1.29, 1.82) is 0 Å². The summed E-state index contributed by atoms with van der Waals surface area (Å²) in [4.78, 5) is 47.1. The lowest BCUT2D eigenvalue weighted by atomic mass is 9.98. The average molecular weight is 648 g/mol. The number of carbonyl (C=O) groups is 3. The van der Waals surface area contributed by atoms with Gasteiger partial charge in [0.05, 0.1) is 13.1 Å². The molecule has 2 fully saturated rings. The van der Waals surface area contributed by atoms with Gasteiger partial charge in [0, 0.05) is 51.5 Å². The molecule has 0 aliphatic carbocycles. The first-order chi connectivity index (χ1) is 23.2. The number of urea groups is 1. The Labute approximate surface area is 280 Å². The van der Waals surface area contributed by atoms with E-state index in [1.165, 1.54) is 0 Å². The van der Waals surface area contributed by atoms with Gasteiger partial charge < -0.3 is 30.9 Å². The first-order valence-electron chi connectivity index (χ1n) is 16.0. The summed E-state index contributed by atoms with van der Waals surface area (Å²) >= 11 is 0. The van der Waals surface area contributed by atoms with Crippen molar-refractivity contribution in [2.75, 3.05) is 37.8 Å². The van der Waals surface area contributed by atoms with Crippen LogP contribution >= 0.6 is 0 Å².